The predicted molar refractivity (Wildman–Crippen MR) is 46.9 cm³/mol. The maximum atomic E-state index is 11.1. The Bertz CT molecular complexity index is 140. The number of amides is 1. The Morgan fingerprint density at radius 2 is 2.27 bits per heavy atom. The largest absolute Gasteiger partial charge is 0.359 e. The average molecular weight is 179 g/mol. The van der Waals surface area contributed by atoms with Crippen molar-refractivity contribution in [1.29, 1.82) is 0 Å². The molecular formula is C7H15ClN2O. The molecule has 0 spiro atoms. The minimum absolute atomic E-state index is 0. The van der Waals surface area contributed by atoms with E-state index in [2.05, 4.69) is 10.6 Å². The lowest BCUT2D eigenvalue weighted by atomic mass is 10.0. The fraction of sp³-hybridized carbons (Fsp3) is 0.857. The molecule has 0 saturated carbocycles. The highest BCUT2D eigenvalue weighted by Crippen LogP contribution is 2.14. The van der Waals surface area contributed by atoms with Gasteiger partial charge in [0.2, 0.25) is 5.91 Å². The van der Waals surface area contributed by atoms with Crippen LogP contribution in [0.5, 0.6) is 0 Å². The number of carbonyl (C=O) groups is 1. The van der Waals surface area contributed by atoms with E-state index in [-0.39, 0.29) is 24.2 Å². The number of hydrogen-bond donors (Lipinski definition) is 2. The Labute approximate surface area is 73.3 Å². The summed E-state index contributed by atoms with van der Waals surface area (Å²) in [7, 11) is 1.69. The Kier molecular flexibility index (Phi) is 4.45. The van der Waals surface area contributed by atoms with Crippen molar-refractivity contribution in [2.75, 3.05) is 13.6 Å². The van der Waals surface area contributed by atoms with Crippen LogP contribution in [0.25, 0.3) is 0 Å². The summed E-state index contributed by atoms with van der Waals surface area (Å²) in [6.45, 7) is 3.02. The Morgan fingerprint density at radius 3 is 2.64 bits per heavy atom. The average Bonchev–Trinajstić information content (AvgIpc) is 2.34. The van der Waals surface area contributed by atoms with Gasteiger partial charge in [-0.3, -0.25) is 4.79 Å². The summed E-state index contributed by atoms with van der Waals surface area (Å²) in [6.07, 6.45) is 0.973. The second kappa shape index (κ2) is 4.57. The third kappa shape index (κ3) is 2.34. The molecule has 0 aliphatic carbocycles. The Morgan fingerprint density at radius 1 is 1.64 bits per heavy atom. The van der Waals surface area contributed by atoms with E-state index in [0.29, 0.717) is 6.04 Å². The lowest BCUT2D eigenvalue weighted by Gasteiger charge is -2.11. The molecular weight excluding hydrogens is 164 g/mol. The number of carbonyl (C=O) groups excluding carboxylic acids is 1. The molecule has 0 bridgehead atoms. The van der Waals surface area contributed by atoms with Crippen molar-refractivity contribution >= 4 is 18.3 Å². The molecule has 1 aliphatic heterocycles. The molecule has 1 fully saturated rings. The molecule has 1 amide bonds. The van der Waals surface area contributed by atoms with Crippen molar-refractivity contribution in [3.63, 3.8) is 0 Å². The van der Waals surface area contributed by atoms with Crippen LogP contribution in [-0.2, 0) is 4.79 Å². The van der Waals surface area contributed by atoms with E-state index in [1.807, 2.05) is 6.92 Å². The van der Waals surface area contributed by atoms with Gasteiger partial charge >= 0.3 is 0 Å². The van der Waals surface area contributed by atoms with Gasteiger partial charge in [0.25, 0.3) is 0 Å². The van der Waals surface area contributed by atoms with E-state index in [4.69, 9.17) is 0 Å². The van der Waals surface area contributed by atoms with Crippen LogP contribution in [0.4, 0.5) is 0 Å². The van der Waals surface area contributed by atoms with Gasteiger partial charge in [-0.2, -0.15) is 0 Å². The van der Waals surface area contributed by atoms with Crippen molar-refractivity contribution in [3.8, 4) is 0 Å². The highest BCUT2D eigenvalue weighted by molar-refractivity contribution is 5.85. The van der Waals surface area contributed by atoms with Gasteiger partial charge in [0.05, 0.1) is 5.92 Å². The maximum Gasteiger partial charge on any atom is 0.224 e. The smallest absolute Gasteiger partial charge is 0.224 e. The van der Waals surface area contributed by atoms with Crippen LogP contribution in [0, 0.1) is 5.92 Å². The fourth-order valence-electron chi connectivity index (χ4n) is 1.40. The standard InChI is InChI=1S/C7H14N2O.ClH/c1-5-6(3-4-9-5)7(10)8-2;/h5-6,9H,3-4H2,1-2H3,(H,8,10);1H. The number of rotatable bonds is 1. The minimum Gasteiger partial charge on any atom is -0.359 e. The van der Waals surface area contributed by atoms with Crippen LogP contribution >= 0.6 is 12.4 Å². The molecule has 2 N–H and O–H groups in total. The molecule has 1 aliphatic rings. The molecule has 0 aromatic carbocycles. The number of halogens is 1. The van der Waals surface area contributed by atoms with Crippen LogP contribution in [0.3, 0.4) is 0 Å². The first-order valence-corrected chi connectivity index (χ1v) is 3.70. The van der Waals surface area contributed by atoms with E-state index in [0.717, 1.165) is 13.0 Å². The lowest BCUT2D eigenvalue weighted by Crippen LogP contribution is -2.34. The van der Waals surface area contributed by atoms with Gasteiger partial charge in [-0.1, -0.05) is 0 Å². The quantitative estimate of drug-likeness (QED) is 0.601. The lowest BCUT2D eigenvalue weighted by molar-refractivity contribution is -0.124. The van der Waals surface area contributed by atoms with E-state index in [1.165, 1.54) is 0 Å². The third-order valence-corrected chi connectivity index (χ3v) is 2.11. The van der Waals surface area contributed by atoms with Crippen molar-refractivity contribution in [1.82, 2.24) is 10.6 Å². The van der Waals surface area contributed by atoms with Crippen molar-refractivity contribution in [2.24, 2.45) is 5.92 Å². The van der Waals surface area contributed by atoms with E-state index in [9.17, 15) is 4.79 Å². The molecule has 1 rings (SSSR count). The minimum atomic E-state index is 0. The first kappa shape index (κ1) is 10.7. The summed E-state index contributed by atoms with van der Waals surface area (Å²) in [5.74, 6) is 0.350. The van der Waals surface area contributed by atoms with Gasteiger partial charge in [-0.25, -0.2) is 0 Å². The molecule has 0 aromatic rings. The zero-order valence-electron chi connectivity index (χ0n) is 6.89. The highest BCUT2D eigenvalue weighted by atomic mass is 35.5. The topological polar surface area (TPSA) is 41.1 Å². The van der Waals surface area contributed by atoms with Gasteiger partial charge in [0, 0.05) is 13.1 Å². The van der Waals surface area contributed by atoms with Gasteiger partial charge in [0.1, 0.15) is 0 Å². The second-order valence-electron chi connectivity index (χ2n) is 2.75. The molecule has 4 heteroatoms. The third-order valence-electron chi connectivity index (χ3n) is 2.11. The highest BCUT2D eigenvalue weighted by Gasteiger charge is 2.28. The zero-order valence-corrected chi connectivity index (χ0v) is 7.70. The monoisotopic (exact) mass is 178 g/mol. The molecule has 0 radical (unpaired) electrons. The van der Waals surface area contributed by atoms with Crippen molar-refractivity contribution < 1.29 is 4.79 Å². The van der Waals surface area contributed by atoms with Gasteiger partial charge in [-0.15, -0.1) is 12.4 Å². The summed E-state index contributed by atoms with van der Waals surface area (Å²) in [6, 6.07) is 0.347. The van der Waals surface area contributed by atoms with E-state index >= 15 is 0 Å². The molecule has 66 valence electrons. The maximum absolute atomic E-state index is 11.1. The molecule has 3 nitrogen and oxygen atoms in total. The molecule has 1 saturated heterocycles. The molecule has 0 aromatic heterocycles. The van der Waals surface area contributed by atoms with Crippen LogP contribution in [0.2, 0.25) is 0 Å². The summed E-state index contributed by atoms with van der Waals surface area (Å²) in [4.78, 5) is 11.1. The fourth-order valence-corrected chi connectivity index (χ4v) is 1.40. The van der Waals surface area contributed by atoms with Crippen LogP contribution in [-0.4, -0.2) is 25.5 Å². The molecule has 2 unspecified atom stereocenters. The van der Waals surface area contributed by atoms with E-state index < -0.39 is 0 Å². The molecule has 2 atom stereocenters. The van der Waals surface area contributed by atoms with Crippen molar-refractivity contribution in [3.05, 3.63) is 0 Å². The summed E-state index contributed by atoms with van der Waals surface area (Å²) >= 11 is 0. The van der Waals surface area contributed by atoms with Crippen LogP contribution in [0.1, 0.15) is 13.3 Å². The number of nitrogens with one attached hydrogen (secondary N) is 2. The Hall–Kier alpha value is -0.280. The molecule has 1 heterocycles. The second-order valence-corrected chi connectivity index (χ2v) is 2.75. The van der Waals surface area contributed by atoms with Crippen LogP contribution < -0.4 is 10.6 Å². The normalized spacial score (nSPS) is 29.3. The first-order chi connectivity index (χ1) is 4.75. The van der Waals surface area contributed by atoms with Gasteiger partial charge in [-0.05, 0) is 19.9 Å². The predicted octanol–water partition coefficient (Wildman–Crippen LogP) is 0.152. The Balaban J connectivity index is 0.000001000. The summed E-state index contributed by atoms with van der Waals surface area (Å²) in [5.41, 5.74) is 0. The SMILES string of the molecule is CNC(=O)C1CCNC1C.Cl. The van der Waals surface area contributed by atoms with E-state index in [1.54, 1.807) is 7.05 Å². The summed E-state index contributed by atoms with van der Waals surface area (Å²) < 4.78 is 0. The van der Waals surface area contributed by atoms with Crippen molar-refractivity contribution in [2.45, 2.75) is 19.4 Å². The molecule has 11 heavy (non-hydrogen) atoms. The van der Waals surface area contributed by atoms with Gasteiger partial charge in [0.15, 0.2) is 0 Å². The zero-order chi connectivity index (χ0) is 7.56. The number of hydrogen-bond acceptors (Lipinski definition) is 2. The first-order valence-electron chi connectivity index (χ1n) is 3.70. The van der Waals surface area contributed by atoms with Crippen LogP contribution in [0.15, 0.2) is 0 Å². The van der Waals surface area contributed by atoms with Gasteiger partial charge < -0.3 is 10.6 Å². The summed E-state index contributed by atoms with van der Waals surface area (Å²) in [5, 5.41) is 5.88.